The molecule has 0 unspecified atom stereocenters. The molecule has 0 fully saturated rings. The van der Waals surface area contributed by atoms with Gasteiger partial charge in [-0.3, -0.25) is 0 Å². The van der Waals surface area contributed by atoms with Crippen LogP contribution in [0.3, 0.4) is 0 Å². The highest BCUT2D eigenvalue weighted by molar-refractivity contribution is 9.10. The minimum atomic E-state index is 0.834. The standard InChI is InChI=1S/C22H20BrN3O/c1-14-6-7-17(22-15(2)25-27-16(22)3)12-20(14)24-18-8-9-21(19(23)13-18)26-10-4-5-11-26/h4-13,24H,1-3H3. The van der Waals surface area contributed by atoms with Crippen LogP contribution in [-0.2, 0) is 0 Å². The van der Waals surface area contributed by atoms with Crippen LogP contribution in [0.15, 0.2) is 69.9 Å². The van der Waals surface area contributed by atoms with Crippen LogP contribution in [0.1, 0.15) is 17.0 Å². The predicted octanol–water partition coefficient (Wildman–Crippen LogP) is 6.56. The second kappa shape index (κ2) is 7.08. The Labute approximate surface area is 166 Å². The van der Waals surface area contributed by atoms with Gasteiger partial charge in [-0.15, -0.1) is 0 Å². The van der Waals surface area contributed by atoms with E-state index in [2.05, 4.69) is 74.3 Å². The Morgan fingerprint density at radius 1 is 1.00 bits per heavy atom. The number of nitrogens with zero attached hydrogens (tertiary/aromatic N) is 2. The number of rotatable bonds is 4. The molecule has 4 rings (SSSR count). The van der Waals surface area contributed by atoms with E-state index in [0.717, 1.165) is 44.1 Å². The molecule has 0 saturated carbocycles. The summed E-state index contributed by atoms with van der Waals surface area (Å²) in [7, 11) is 0. The second-order valence-electron chi connectivity index (χ2n) is 6.61. The van der Waals surface area contributed by atoms with Crippen molar-refractivity contribution in [2.45, 2.75) is 20.8 Å². The molecule has 0 aliphatic rings. The highest BCUT2D eigenvalue weighted by atomic mass is 79.9. The first-order chi connectivity index (χ1) is 13.0. The molecule has 0 atom stereocenters. The molecular weight excluding hydrogens is 402 g/mol. The molecule has 0 aliphatic carbocycles. The number of aryl methyl sites for hydroxylation is 3. The number of hydrogen-bond acceptors (Lipinski definition) is 3. The molecule has 0 bridgehead atoms. The number of anilines is 2. The highest BCUT2D eigenvalue weighted by Gasteiger charge is 2.13. The van der Waals surface area contributed by atoms with Gasteiger partial charge in [0.2, 0.25) is 0 Å². The Bertz CT molecular complexity index is 1080. The maximum atomic E-state index is 5.32. The molecule has 27 heavy (non-hydrogen) atoms. The van der Waals surface area contributed by atoms with E-state index in [0.29, 0.717) is 0 Å². The lowest BCUT2D eigenvalue weighted by atomic mass is 10.0. The maximum Gasteiger partial charge on any atom is 0.141 e. The van der Waals surface area contributed by atoms with Gasteiger partial charge in [0, 0.05) is 33.8 Å². The van der Waals surface area contributed by atoms with Crippen molar-refractivity contribution >= 4 is 27.3 Å². The number of hydrogen-bond donors (Lipinski definition) is 1. The molecular formula is C22H20BrN3O. The normalized spacial score (nSPS) is 11.0. The van der Waals surface area contributed by atoms with Crippen LogP contribution < -0.4 is 5.32 Å². The number of halogens is 1. The van der Waals surface area contributed by atoms with Crippen LogP contribution in [0.2, 0.25) is 0 Å². The lowest BCUT2D eigenvalue weighted by molar-refractivity contribution is 0.393. The van der Waals surface area contributed by atoms with Crippen molar-refractivity contribution in [1.82, 2.24) is 9.72 Å². The van der Waals surface area contributed by atoms with Crippen molar-refractivity contribution in [2.75, 3.05) is 5.32 Å². The minimum Gasteiger partial charge on any atom is -0.361 e. The third kappa shape index (κ3) is 3.43. The fraction of sp³-hybridized carbons (Fsp3) is 0.136. The summed E-state index contributed by atoms with van der Waals surface area (Å²) < 4.78 is 8.43. The fourth-order valence-electron chi connectivity index (χ4n) is 3.25. The van der Waals surface area contributed by atoms with Crippen LogP contribution in [0.5, 0.6) is 0 Å². The average Bonchev–Trinajstić information content (AvgIpc) is 3.28. The summed E-state index contributed by atoms with van der Waals surface area (Å²) in [6, 6.07) is 16.7. The van der Waals surface area contributed by atoms with Crippen molar-refractivity contribution in [3.05, 3.63) is 82.4 Å². The monoisotopic (exact) mass is 421 g/mol. The van der Waals surface area contributed by atoms with E-state index >= 15 is 0 Å². The van der Waals surface area contributed by atoms with Crippen molar-refractivity contribution in [3.63, 3.8) is 0 Å². The van der Waals surface area contributed by atoms with E-state index in [4.69, 9.17) is 4.52 Å². The van der Waals surface area contributed by atoms with Crippen LogP contribution in [0, 0.1) is 20.8 Å². The molecule has 0 saturated heterocycles. The smallest absolute Gasteiger partial charge is 0.141 e. The summed E-state index contributed by atoms with van der Waals surface area (Å²) in [4.78, 5) is 0. The van der Waals surface area contributed by atoms with Gasteiger partial charge in [0.05, 0.1) is 11.4 Å². The van der Waals surface area contributed by atoms with Gasteiger partial charge < -0.3 is 14.4 Å². The number of aromatic nitrogens is 2. The van der Waals surface area contributed by atoms with Gasteiger partial charge in [0.25, 0.3) is 0 Å². The summed E-state index contributed by atoms with van der Waals surface area (Å²) >= 11 is 3.68. The topological polar surface area (TPSA) is 43.0 Å². The summed E-state index contributed by atoms with van der Waals surface area (Å²) in [6.45, 7) is 6.01. The lowest BCUT2D eigenvalue weighted by Gasteiger charge is -2.14. The summed E-state index contributed by atoms with van der Waals surface area (Å²) in [5.74, 6) is 0.834. The lowest BCUT2D eigenvalue weighted by Crippen LogP contribution is -1.96. The van der Waals surface area contributed by atoms with Gasteiger partial charge in [0.1, 0.15) is 5.76 Å². The molecule has 0 spiro atoms. The second-order valence-corrected chi connectivity index (χ2v) is 7.46. The largest absolute Gasteiger partial charge is 0.361 e. The third-order valence-corrected chi connectivity index (χ3v) is 5.30. The molecule has 0 radical (unpaired) electrons. The first kappa shape index (κ1) is 17.6. The van der Waals surface area contributed by atoms with Crippen molar-refractivity contribution in [2.24, 2.45) is 0 Å². The van der Waals surface area contributed by atoms with E-state index in [1.54, 1.807) is 0 Å². The van der Waals surface area contributed by atoms with Gasteiger partial charge >= 0.3 is 0 Å². The van der Waals surface area contributed by atoms with Gasteiger partial charge in [0.15, 0.2) is 0 Å². The van der Waals surface area contributed by atoms with Gasteiger partial charge in [-0.2, -0.15) is 0 Å². The molecule has 0 amide bonds. The van der Waals surface area contributed by atoms with Gasteiger partial charge in [-0.1, -0.05) is 17.3 Å². The van der Waals surface area contributed by atoms with Gasteiger partial charge in [-0.05, 0) is 84.2 Å². The molecule has 2 heterocycles. The average molecular weight is 422 g/mol. The van der Waals surface area contributed by atoms with Crippen molar-refractivity contribution in [1.29, 1.82) is 0 Å². The van der Waals surface area contributed by atoms with Crippen LogP contribution in [0.4, 0.5) is 11.4 Å². The molecule has 5 heteroatoms. The van der Waals surface area contributed by atoms with Crippen LogP contribution in [-0.4, -0.2) is 9.72 Å². The molecule has 1 N–H and O–H groups in total. The number of nitrogens with one attached hydrogen (secondary N) is 1. The van der Waals surface area contributed by atoms with Crippen LogP contribution >= 0.6 is 15.9 Å². The SMILES string of the molecule is Cc1ccc(-c2c(C)noc2C)cc1Nc1ccc(-n2cccc2)c(Br)c1. The molecule has 4 nitrogen and oxygen atoms in total. The Morgan fingerprint density at radius 2 is 1.78 bits per heavy atom. The van der Waals surface area contributed by atoms with Crippen molar-refractivity contribution in [3.8, 4) is 16.8 Å². The first-order valence-electron chi connectivity index (χ1n) is 8.77. The Morgan fingerprint density at radius 3 is 2.44 bits per heavy atom. The first-order valence-corrected chi connectivity index (χ1v) is 9.56. The Hall–Kier alpha value is -2.79. The Balaban J connectivity index is 1.67. The quantitative estimate of drug-likeness (QED) is 0.405. The molecule has 0 aliphatic heterocycles. The van der Waals surface area contributed by atoms with E-state index in [-0.39, 0.29) is 0 Å². The summed E-state index contributed by atoms with van der Waals surface area (Å²) in [6.07, 6.45) is 4.06. The predicted molar refractivity (Wildman–Crippen MR) is 113 cm³/mol. The zero-order valence-electron chi connectivity index (χ0n) is 15.5. The molecule has 136 valence electrons. The number of benzene rings is 2. The fourth-order valence-corrected chi connectivity index (χ4v) is 3.84. The molecule has 4 aromatic rings. The van der Waals surface area contributed by atoms with Crippen molar-refractivity contribution < 1.29 is 4.52 Å². The van der Waals surface area contributed by atoms with Gasteiger partial charge in [-0.25, -0.2) is 0 Å². The zero-order chi connectivity index (χ0) is 19.0. The van der Waals surface area contributed by atoms with E-state index in [1.165, 1.54) is 5.56 Å². The zero-order valence-corrected chi connectivity index (χ0v) is 17.0. The van der Waals surface area contributed by atoms with Crippen LogP contribution in [0.25, 0.3) is 16.8 Å². The third-order valence-electron chi connectivity index (χ3n) is 4.67. The highest BCUT2D eigenvalue weighted by Crippen LogP contribution is 2.33. The molecule has 2 aromatic heterocycles. The molecule has 2 aromatic carbocycles. The maximum absolute atomic E-state index is 5.32. The minimum absolute atomic E-state index is 0.834. The summed E-state index contributed by atoms with van der Waals surface area (Å²) in [5.41, 5.74) is 7.43. The van der Waals surface area contributed by atoms with E-state index in [9.17, 15) is 0 Å². The summed E-state index contributed by atoms with van der Waals surface area (Å²) in [5, 5.41) is 7.61. The Kier molecular flexibility index (Phi) is 4.62. The van der Waals surface area contributed by atoms with E-state index < -0.39 is 0 Å². The van der Waals surface area contributed by atoms with E-state index in [1.807, 2.05) is 38.4 Å².